The SMILES string of the molecule is COc1cc(-c2cc(C(=O)N3CCCC(C4OCCO4)C3)c3ccccc3n2)cc(OC)c1OC. The van der Waals surface area contributed by atoms with Crippen molar-refractivity contribution in [3.05, 3.63) is 48.0 Å². The molecule has 8 heteroatoms. The molecule has 5 rings (SSSR count). The van der Waals surface area contributed by atoms with E-state index in [-0.39, 0.29) is 18.1 Å². The van der Waals surface area contributed by atoms with Gasteiger partial charge in [0, 0.05) is 30.0 Å². The fraction of sp³-hybridized carbons (Fsp3) is 0.407. The van der Waals surface area contributed by atoms with E-state index >= 15 is 0 Å². The van der Waals surface area contributed by atoms with E-state index in [1.165, 1.54) is 0 Å². The van der Waals surface area contributed by atoms with E-state index in [1.807, 2.05) is 47.4 Å². The average molecular weight is 479 g/mol. The first-order chi connectivity index (χ1) is 17.1. The van der Waals surface area contributed by atoms with E-state index in [0.29, 0.717) is 54.8 Å². The van der Waals surface area contributed by atoms with Crippen molar-refractivity contribution in [2.75, 3.05) is 47.6 Å². The summed E-state index contributed by atoms with van der Waals surface area (Å²) in [7, 11) is 4.72. The Kier molecular flexibility index (Phi) is 6.74. The molecule has 2 aliphatic heterocycles. The summed E-state index contributed by atoms with van der Waals surface area (Å²) in [5.41, 5.74) is 2.79. The lowest BCUT2D eigenvalue weighted by Gasteiger charge is -2.35. The normalized spacial score (nSPS) is 18.6. The Bertz CT molecular complexity index is 1200. The number of methoxy groups -OCH3 is 3. The number of rotatable bonds is 6. The lowest BCUT2D eigenvalue weighted by molar-refractivity contribution is -0.0969. The summed E-state index contributed by atoms with van der Waals surface area (Å²) >= 11 is 0. The lowest BCUT2D eigenvalue weighted by Crippen LogP contribution is -2.43. The van der Waals surface area contributed by atoms with Gasteiger partial charge in [0.2, 0.25) is 5.75 Å². The van der Waals surface area contributed by atoms with Gasteiger partial charge < -0.3 is 28.6 Å². The zero-order chi connectivity index (χ0) is 24.4. The van der Waals surface area contributed by atoms with Crippen LogP contribution < -0.4 is 14.2 Å². The summed E-state index contributed by atoms with van der Waals surface area (Å²) in [6, 6.07) is 13.3. The Morgan fingerprint density at radius 2 is 1.71 bits per heavy atom. The van der Waals surface area contributed by atoms with Gasteiger partial charge in [-0.3, -0.25) is 4.79 Å². The second kappa shape index (κ2) is 10.1. The first-order valence-electron chi connectivity index (χ1n) is 11.9. The quantitative estimate of drug-likeness (QED) is 0.527. The molecule has 3 aromatic rings. The predicted molar refractivity (Wildman–Crippen MR) is 131 cm³/mol. The van der Waals surface area contributed by atoms with Crippen molar-refractivity contribution < 1.29 is 28.5 Å². The van der Waals surface area contributed by atoms with E-state index in [0.717, 1.165) is 29.3 Å². The van der Waals surface area contributed by atoms with Gasteiger partial charge in [-0.15, -0.1) is 0 Å². The van der Waals surface area contributed by atoms with Crippen LogP contribution in [0.1, 0.15) is 23.2 Å². The number of amides is 1. The minimum atomic E-state index is -0.227. The molecule has 2 aromatic carbocycles. The zero-order valence-electron chi connectivity index (χ0n) is 20.3. The summed E-state index contributed by atoms with van der Waals surface area (Å²) in [5, 5.41) is 0.823. The van der Waals surface area contributed by atoms with Crippen LogP contribution in [0.3, 0.4) is 0 Å². The third-order valence-corrected chi connectivity index (χ3v) is 6.68. The number of para-hydroxylation sites is 1. The number of aromatic nitrogens is 1. The molecule has 0 bridgehead atoms. The maximum atomic E-state index is 13.9. The van der Waals surface area contributed by atoms with Crippen molar-refractivity contribution >= 4 is 16.8 Å². The van der Waals surface area contributed by atoms with Crippen LogP contribution in [-0.2, 0) is 9.47 Å². The number of hydrogen-bond donors (Lipinski definition) is 0. The van der Waals surface area contributed by atoms with Gasteiger partial charge in [-0.1, -0.05) is 18.2 Å². The van der Waals surface area contributed by atoms with Crippen molar-refractivity contribution in [2.24, 2.45) is 5.92 Å². The summed E-state index contributed by atoms with van der Waals surface area (Å²) in [5.74, 6) is 1.73. The highest BCUT2D eigenvalue weighted by molar-refractivity contribution is 6.07. The van der Waals surface area contributed by atoms with Crippen LogP contribution in [0, 0.1) is 5.92 Å². The second-order valence-corrected chi connectivity index (χ2v) is 8.75. The molecule has 1 unspecified atom stereocenters. The van der Waals surface area contributed by atoms with Crippen LogP contribution in [-0.4, -0.2) is 69.7 Å². The van der Waals surface area contributed by atoms with Gasteiger partial charge in [0.1, 0.15) is 0 Å². The first-order valence-corrected chi connectivity index (χ1v) is 11.9. The predicted octanol–water partition coefficient (Wildman–Crippen LogP) is 4.15. The van der Waals surface area contributed by atoms with Gasteiger partial charge in [0.25, 0.3) is 5.91 Å². The summed E-state index contributed by atoms with van der Waals surface area (Å²) < 4.78 is 28.0. The number of ether oxygens (including phenoxy) is 5. The number of nitrogens with zero attached hydrogens (tertiary/aromatic N) is 2. The number of fused-ring (bicyclic) bond motifs is 1. The number of piperidine rings is 1. The molecule has 2 aliphatic rings. The molecule has 0 saturated carbocycles. The molecule has 0 N–H and O–H groups in total. The average Bonchev–Trinajstić information content (AvgIpc) is 3.46. The van der Waals surface area contributed by atoms with Gasteiger partial charge in [0.05, 0.1) is 51.3 Å². The first kappa shape index (κ1) is 23.4. The van der Waals surface area contributed by atoms with Crippen LogP contribution in [0.5, 0.6) is 17.2 Å². The molecule has 184 valence electrons. The molecule has 2 fully saturated rings. The number of carbonyl (C=O) groups excluding carboxylic acids is 1. The van der Waals surface area contributed by atoms with Crippen LogP contribution in [0.4, 0.5) is 0 Å². The van der Waals surface area contributed by atoms with Crippen molar-refractivity contribution in [3.8, 4) is 28.5 Å². The maximum absolute atomic E-state index is 13.9. The minimum Gasteiger partial charge on any atom is -0.493 e. The van der Waals surface area contributed by atoms with E-state index in [2.05, 4.69) is 0 Å². The Morgan fingerprint density at radius 3 is 2.40 bits per heavy atom. The van der Waals surface area contributed by atoms with Crippen LogP contribution >= 0.6 is 0 Å². The molecule has 0 spiro atoms. The molecule has 1 atom stereocenters. The smallest absolute Gasteiger partial charge is 0.254 e. The summed E-state index contributed by atoms with van der Waals surface area (Å²) in [6.07, 6.45) is 1.68. The van der Waals surface area contributed by atoms with Gasteiger partial charge in [0.15, 0.2) is 17.8 Å². The summed E-state index contributed by atoms with van der Waals surface area (Å²) in [6.45, 7) is 2.54. The standard InChI is InChI=1S/C27H30N2O6/c1-31-23-13-18(14-24(32-2)25(23)33-3)22-15-20(19-8-4-5-9-21(19)28-22)26(30)29-10-6-7-17(16-29)27-34-11-12-35-27/h4-5,8-9,13-15,17,27H,6-7,10-12,16H2,1-3H3. The highest BCUT2D eigenvalue weighted by atomic mass is 16.7. The van der Waals surface area contributed by atoms with Gasteiger partial charge >= 0.3 is 0 Å². The highest BCUT2D eigenvalue weighted by Crippen LogP contribution is 2.41. The van der Waals surface area contributed by atoms with Crippen molar-refractivity contribution in [2.45, 2.75) is 19.1 Å². The molecular weight excluding hydrogens is 448 g/mol. The van der Waals surface area contributed by atoms with Crippen molar-refractivity contribution in [1.29, 1.82) is 0 Å². The molecule has 8 nitrogen and oxygen atoms in total. The minimum absolute atomic E-state index is 0.0139. The molecule has 0 radical (unpaired) electrons. The molecule has 3 heterocycles. The summed E-state index contributed by atoms with van der Waals surface area (Å²) in [4.78, 5) is 20.6. The molecule has 2 saturated heterocycles. The lowest BCUT2D eigenvalue weighted by atomic mass is 9.96. The highest BCUT2D eigenvalue weighted by Gasteiger charge is 2.33. The Hall–Kier alpha value is -3.36. The fourth-order valence-electron chi connectivity index (χ4n) is 4.96. The van der Waals surface area contributed by atoms with E-state index in [4.69, 9.17) is 28.7 Å². The van der Waals surface area contributed by atoms with Gasteiger partial charge in [-0.2, -0.15) is 0 Å². The molecule has 1 aromatic heterocycles. The molecular formula is C27H30N2O6. The molecule has 0 aliphatic carbocycles. The number of carbonyl (C=O) groups is 1. The van der Waals surface area contributed by atoms with E-state index in [1.54, 1.807) is 21.3 Å². The van der Waals surface area contributed by atoms with Crippen LogP contribution in [0.2, 0.25) is 0 Å². The number of hydrogen-bond acceptors (Lipinski definition) is 7. The third-order valence-electron chi connectivity index (χ3n) is 6.68. The van der Waals surface area contributed by atoms with Gasteiger partial charge in [-0.05, 0) is 37.1 Å². The Balaban J connectivity index is 1.55. The van der Waals surface area contributed by atoms with Crippen molar-refractivity contribution in [1.82, 2.24) is 9.88 Å². The van der Waals surface area contributed by atoms with E-state index < -0.39 is 0 Å². The Morgan fingerprint density at radius 1 is 1.00 bits per heavy atom. The largest absolute Gasteiger partial charge is 0.493 e. The maximum Gasteiger partial charge on any atom is 0.254 e. The van der Waals surface area contributed by atoms with Gasteiger partial charge in [-0.25, -0.2) is 4.98 Å². The van der Waals surface area contributed by atoms with E-state index in [9.17, 15) is 4.79 Å². The van der Waals surface area contributed by atoms with Crippen LogP contribution in [0.15, 0.2) is 42.5 Å². The molecule has 35 heavy (non-hydrogen) atoms. The number of benzene rings is 2. The third kappa shape index (κ3) is 4.51. The molecule has 1 amide bonds. The second-order valence-electron chi connectivity index (χ2n) is 8.75. The van der Waals surface area contributed by atoms with Crippen LogP contribution in [0.25, 0.3) is 22.2 Å². The number of likely N-dealkylation sites (tertiary alicyclic amines) is 1. The Labute approximate surface area is 204 Å². The topological polar surface area (TPSA) is 79.4 Å². The number of pyridine rings is 1. The monoisotopic (exact) mass is 478 g/mol. The zero-order valence-corrected chi connectivity index (χ0v) is 20.3. The fourth-order valence-corrected chi connectivity index (χ4v) is 4.96. The van der Waals surface area contributed by atoms with Crippen molar-refractivity contribution in [3.63, 3.8) is 0 Å².